The quantitative estimate of drug-likeness (QED) is 0.691. The van der Waals surface area contributed by atoms with Crippen molar-refractivity contribution in [1.82, 2.24) is 9.80 Å². The van der Waals surface area contributed by atoms with Crippen LogP contribution in [0.25, 0.3) is 0 Å². The van der Waals surface area contributed by atoms with Gasteiger partial charge in [0.15, 0.2) is 0 Å². The third kappa shape index (κ3) is 2.93. The number of piperazine rings is 1. The molecule has 1 fully saturated rings. The molecular weight excluding hydrogens is 164 g/mol. The van der Waals surface area contributed by atoms with Gasteiger partial charge in [-0.05, 0) is 27.3 Å². The summed E-state index contributed by atoms with van der Waals surface area (Å²) in [5.74, 6) is 0. The summed E-state index contributed by atoms with van der Waals surface area (Å²) in [6, 6.07) is 1.15. The molecule has 1 rings (SSSR count). The Morgan fingerprint density at radius 2 is 2.08 bits per heavy atom. The second-order valence-corrected chi connectivity index (χ2v) is 4.26. The predicted octanol–water partition coefficient (Wildman–Crippen LogP) is 0.393. The van der Waals surface area contributed by atoms with Crippen LogP contribution >= 0.6 is 0 Å². The molecule has 1 aliphatic rings. The molecule has 78 valence electrons. The van der Waals surface area contributed by atoms with Crippen molar-refractivity contribution in [3.63, 3.8) is 0 Å². The smallest absolute Gasteiger partial charge is 0.0446 e. The normalized spacial score (nSPS) is 27.0. The molecule has 0 spiro atoms. The Hall–Kier alpha value is -0.120. The van der Waals surface area contributed by atoms with E-state index >= 15 is 0 Å². The van der Waals surface area contributed by atoms with Gasteiger partial charge in [-0.2, -0.15) is 0 Å². The van der Waals surface area contributed by atoms with Gasteiger partial charge in [0.05, 0.1) is 0 Å². The molecule has 0 saturated carbocycles. The maximum atomic E-state index is 8.96. The highest BCUT2D eigenvalue weighted by molar-refractivity contribution is 4.82. The molecule has 1 atom stereocenters. The summed E-state index contributed by atoms with van der Waals surface area (Å²) in [5.41, 5.74) is 0. The molecule has 3 nitrogen and oxygen atoms in total. The summed E-state index contributed by atoms with van der Waals surface area (Å²) in [6.45, 7) is 8.16. The van der Waals surface area contributed by atoms with Crippen molar-refractivity contribution in [3.05, 3.63) is 0 Å². The number of hydrogen-bond acceptors (Lipinski definition) is 3. The van der Waals surface area contributed by atoms with Gasteiger partial charge in [0.2, 0.25) is 0 Å². The minimum atomic E-state index is 0.307. The van der Waals surface area contributed by atoms with Gasteiger partial charge in [0, 0.05) is 38.3 Å². The second-order valence-electron chi connectivity index (χ2n) is 4.26. The van der Waals surface area contributed by atoms with Gasteiger partial charge in [-0.1, -0.05) is 0 Å². The van der Waals surface area contributed by atoms with Gasteiger partial charge >= 0.3 is 0 Å². The molecule has 0 aliphatic carbocycles. The summed E-state index contributed by atoms with van der Waals surface area (Å²) in [5, 5.41) is 8.96. The third-order valence-electron chi connectivity index (χ3n) is 2.86. The van der Waals surface area contributed by atoms with Crippen LogP contribution in [0.4, 0.5) is 0 Å². The largest absolute Gasteiger partial charge is 0.396 e. The lowest BCUT2D eigenvalue weighted by atomic mass is 10.1. The Morgan fingerprint density at radius 1 is 1.38 bits per heavy atom. The molecule has 3 heteroatoms. The SMILES string of the molecule is CC(C)N1CCN(C)CC1CCO. The molecule has 0 aromatic heterocycles. The molecule has 1 N–H and O–H groups in total. The molecule has 1 saturated heterocycles. The van der Waals surface area contributed by atoms with Gasteiger partial charge in [0.25, 0.3) is 0 Å². The zero-order valence-corrected chi connectivity index (χ0v) is 9.03. The van der Waals surface area contributed by atoms with Gasteiger partial charge in [-0.3, -0.25) is 4.90 Å². The maximum absolute atomic E-state index is 8.96. The lowest BCUT2D eigenvalue weighted by molar-refractivity contribution is 0.0497. The highest BCUT2D eigenvalue weighted by Crippen LogP contribution is 2.14. The van der Waals surface area contributed by atoms with E-state index < -0.39 is 0 Å². The standard InChI is InChI=1S/C10H22N2O/c1-9(2)12-6-5-11(3)8-10(12)4-7-13/h9-10,13H,4-8H2,1-3H3. The molecular formula is C10H22N2O. The van der Waals surface area contributed by atoms with Gasteiger partial charge in [0.1, 0.15) is 0 Å². The van der Waals surface area contributed by atoms with E-state index in [0.29, 0.717) is 18.7 Å². The molecule has 0 bridgehead atoms. The van der Waals surface area contributed by atoms with Crippen LogP contribution in [0.2, 0.25) is 0 Å². The molecule has 1 heterocycles. The Balaban J connectivity index is 2.50. The van der Waals surface area contributed by atoms with Crippen molar-refractivity contribution in [2.75, 3.05) is 33.3 Å². The van der Waals surface area contributed by atoms with Crippen molar-refractivity contribution in [1.29, 1.82) is 0 Å². The van der Waals surface area contributed by atoms with Crippen molar-refractivity contribution in [2.45, 2.75) is 32.4 Å². The number of aliphatic hydroxyl groups is 1. The maximum Gasteiger partial charge on any atom is 0.0446 e. The lowest BCUT2D eigenvalue weighted by Gasteiger charge is -2.42. The van der Waals surface area contributed by atoms with E-state index in [0.717, 1.165) is 26.1 Å². The number of nitrogens with zero attached hydrogens (tertiary/aromatic N) is 2. The molecule has 13 heavy (non-hydrogen) atoms. The van der Waals surface area contributed by atoms with Gasteiger partial charge in [-0.25, -0.2) is 0 Å². The highest BCUT2D eigenvalue weighted by Gasteiger charge is 2.26. The molecule has 1 unspecified atom stereocenters. The van der Waals surface area contributed by atoms with E-state index in [1.54, 1.807) is 0 Å². The van der Waals surface area contributed by atoms with Crippen molar-refractivity contribution in [3.8, 4) is 0 Å². The molecule has 0 aromatic carbocycles. The summed E-state index contributed by atoms with van der Waals surface area (Å²) >= 11 is 0. The predicted molar refractivity (Wildman–Crippen MR) is 54.8 cm³/mol. The van der Waals surface area contributed by atoms with E-state index in [1.165, 1.54) is 0 Å². The zero-order valence-electron chi connectivity index (χ0n) is 9.03. The molecule has 0 aromatic rings. The van der Waals surface area contributed by atoms with E-state index in [4.69, 9.17) is 5.11 Å². The van der Waals surface area contributed by atoms with Crippen LogP contribution in [-0.4, -0.2) is 60.3 Å². The fraction of sp³-hybridized carbons (Fsp3) is 1.00. The Kier molecular flexibility index (Phi) is 4.16. The monoisotopic (exact) mass is 186 g/mol. The summed E-state index contributed by atoms with van der Waals surface area (Å²) in [6.07, 6.45) is 0.905. The molecule has 1 aliphatic heterocycles. The van der Waals surface area contributed by atoms with Crippen LogP contribution in [0.5, 0.6) is 0 Å². The van der Waals surface area contributed by atoms with E-state index in [-0.39, 0.29) is 0 Å². The average Bonchev–Trinajstić information content (AvgIpc) is 2.04. The van der Waals surface area contributed by atoms with Gasteiger partial charge in [-0.15, -0.1) is 0 Å². The van der Waals surface area contributed by atoms with E-state index in [1.807, 2.05) is 0 Å². The fourth-order valence-corrected chi connectivity index (χ4v) is 2.11. The lowest BCUT2D eigenvalue weighted by Crippen LogP contribution is -2.54. The van der Waals surface area contributed by atoms with Crippen LogP contribution in [0, 0.1) is 0 Å². The first-order valence-electron chi connectivity index (χ1n) is 5.20. The van der Waals surface area contributed by atoms with Crippen LogP contribution in [0.1, 0.15) is 20.3 Å². The Bertz CT molecular complexity index is 150. The van der Waals surface area contributed by atoms with Gasteiger partial charge < -0.3 is 10.0 Å². The summed E-state index contributed by atoms with van der Waals surface area (Å²) in [4.78, 5) is 4.84. The third-order valence-corrected chi connectivity index (χ3v) is 2.86. The first kappa shape index (κ1) is 11.0. The number of likely N-dealkylation sites (N-methyl/N-ethyl adjacent to an activating group) is 1. The minimum absolute atomic E-state index is 0.307. The Labute approximate surface area is 81.3 Å². The van der Waals surface area contributed by atoms with Crippen LogP contribution in [0.15, 0.2) is 0 Å². The zero-order chi connectivity index (χ0) is 9.84. The second kappa shape index (κ2) is 4.94. The highest BCUT2D eigenvalue weighted by atomic mass is 16.3. The fourth-order valence-electron chi connectivity index (χ4n) is 2.11. The summed E-state index contributed by atoms with van der Waals surface area (Å²) < 4.78 is 0. The minimum Gasteiger partial charge on any atom is -0.396 e. The Morgan fingerprint density at radius 3 is 2.62 bits per heavy atom. The number of aliphatic hydroxyl groups excluding tert-OH is 1. The molecule has 0 radical (unpaired) electrons. The van der Waals surface area contributed by atoms with E-state index in [9.17, 15) is 0 Å². The van der Waals surface area contributed by atoms with E-state index in [2.05, 4.69) is 30.7 Å². The van der Waals surface area contributed by atoms with Crippen LogP contribution in [0.3, 0.4) is 0 Å². The average molecular weight is 186 g/mol. The van der Waals surface area contributed by atoms with Crippen molar-refractivity contribution >= 4 is 0 Å². The number of rotatable bonds is 3. The van der Waals surface area contributed by atoms with Crippen LogP contribution in [-0.2, 0) is 0 Å². The molecule has 0 amide bonds. The first-order valence-corrected chi connectivity index (χ1v) is 5.20. The topological polar surface area (TPSA) is 26.7 Å². The van der Waals surface area contributed by atoms with Crippen LogP contribution < -0.4 is 0 Å². The first-order chi connectivity index (χ1) is 6.15. The van der Waals surface area contributed by atoms with Crippen molar-refractivity contribution < 1.29 is 5.11 Å². The number of hydrogen-bond donors (Lipinski definition) is 1. The summed E-state index contributed by atoms with van der Waals surface area (Å²) in [7, 11) is 2.15. The van der Waals surface area contributed by atoms with Crippen molar-refractivity contribution in [2.24, 2.45) is 0 Å².